The van der Waals surface area contributed by atoms with Crippen molar-refractivity contribution in [3.63, 3.8) is 0 Å². The number of nitrogens with one attached hydrogen (secondary N) is 1. The third kappa shape index (κ3) is 3.21. The highest BCUT2D eigenvalue weighted by Gasteiger charge is 2.33. The molecule has 2 atom stereocenters. The topological polar surface area (TPSA) is 41.6 Å². The molecule has 4 nitrogen and oxygen atoms in total. The lowest BCUT2D eigenvalue weighted by molar-refractivity contribution is -0.0500. The lowest BCUT2D eigenvalue weighted by Gasteiger charge is -2.40. The molecule has 1 heterocycles. The van der Waals surface area contributed by atoms with Crippen molar-refractivity contribution in [3.05, 3.63) is 35.9 Å². The average Bonchev–Trinajstić information content (AvgIpc) is 3.01. The molecule has 1 saturated carbocycles. The van der Waals surface area contributed by atoms with Crippen LogP contribution in [0.4, 0.5) is 4.79 Å². The maximum atomic E-state index is 12.5. The van der Waals surface area contributed by atoms with Crippen molar-refractivity contribution in [2.75, 3.05) is 13.2 Å². The number of nitrogens with zero attached hydrogens (tertiary/aromatic N) is 1. The Bertz CT molecular complexity index is 471. The van der Waals surface area contributed by atoms with Gasteiger partial charge in [0.25, 0.3) is 0 Å². The first kappa shape index (κ1) is 14.4. The van der Waals surface area contributed by atoms with Gasteiger partial charge in [0.1, 0.15) is 6.10 Å². The summed E-state index contributed by atoms with van der Waals surface area (Å²) in [6.45, 7) is 3.34. The Hall–Kier alpha value is -1.55. The maximum Gasteiger partial charge on any atom is 0.318 e. The highest BCUT2D eigenvalue weighted by atomic mass is 16.5. The van der Waals surface area contributed by atoms with Gasteiger partial charge in [0, 0.05) is 12.6 Å². The van der Waals surface area contributed by atoms with Crippen LogP contribution in [0.2, 0.25) is 0 Å². The predicted molar refractivity (Wildman–Crippen MR) is 82.1 cm³/mol. The molecule has 0 bridgehead atoms. The van der Waals surface area contributed by atoms with Crippen molar-refractivity contribution in [2.24, 2.45) is 0 Å². The Morgan fingerprint density at radius 2 is 1.95 bits per heavy atom. The lowest BCUT2D eigenvalue weighted by Crippen LogP contribution is -2.53. The third-order valence-corrected chi connectivity index (χ3v) is 4.63. The molecule has 3 rings (SSSR count). The van der Waals surface area contributed by atoms with Gasteiger partial charge in [-0.2, -0.15) is 0 Å². The third-order valence-electron chi connectivity index (χ3n) is 4.63. The molecule has 114 valence electrons. The van der Waals surface area contributed by atoms with Crippen LogP contribution in [0.15, 0.2) is 30.3 Å². The van der Waals surface area contributed by atoms with Gasteiger partial charge in [-0.15, -0.1) is 0 Å². The summed E-state index contributed by atoms with van der Waals surface area (Å²) in [7, 11) is 0. The van der Waals surface area contributed by atoms with Gasteiger partial charge in [-0.1, -0.05) is 43.2 Å². The lowest BCUT2D eigenvalue weighted by atomic mass is 10.0. The van der Waals surface area contributed by atoms with Crippen LogP contribution in [-0.2, 0) is 4.74 Å². The van der Waals surface area contributed by atoms with Gasteiger partial charge >= 0.3 is 6.03 Å². The first-order valence-corrected chi connectivity index (χ1v) is 7.99. The molecule has 0 spiro atoms. The van der Waals surface area contributed by atoms with Crippen LogP contribution in [0.25, 0.3) is 0 Å². The Morgan fingerprint density at radius 3 is 2.67 bits per heavy atom. The van der Waals surface area contributed by atoms with Crippen molar-refractivity contribution in [2.45, 2.75) is 50.8 Å². The fourth-order valence-corrected chi connectivity index (χ4v) is 3.42. The van der Waals surface area contributed by atoms with Crippen molar-refractivity contribution < 1.29 is 9.53 Å². The van der Waals surface area contributed by atoms with Gasteiger partial charge in [0.2, 0.25) is 0 Å². The zero-order valence-corrected chi connectivity index (χ0v) is 12.6. The van der Waals surface area contributed by atoms with Gasteiger partial charge in [-0.05, 0) is 25.3 Å². The van der Waals surface area contributed by atoms with Crippen LogP contribution in [0, 0.1) is 0 Å². The molecule has 1 aromatic carbocycles. The summed E-state index contributed by atoms with van der Waals surface area (Å²) < 4.78 is 5.90. The summed E-state index contributed by atoms with van der Waals surface area (Å²) >= 11 is 0. The van der Waals surface area contributed by atoms with Gasteiger partial charge in [0.05, 0.1) is 12.6 Å². The molecule has 1 N–H and O–H groups in total. The van der Waals surface area contributed by atoms with E-state index in [-0.39, 0.29) is 18.2 Å². The van der Waals surface area contributed by atoms with Crippen LogP contribution >= 0.6 is 0 Å². The second kappa shape index (κ2) is 6.48. The molecule has 2 unspecified atom stereocenters. The first-order valence-electron chi connectivity index (χ1n) is 7.99. The molecular weight excluding hydrogens is 264 g/mol. The first-order chi connectivity index (χ1) is 10.3. The quantitative estimate of drug-likeness (QED) is 0.908. The monoisotopic (exact) mass is 288 g/mol. The van der Waals surface area contributed by atoms with E-state index in [1.165, 1.54) is 12.8 Å². The van der Waals surface area contributed by atoms with Crippen LogP contribution in [0.1, 0.15) is 44.3 Å². The molecule has 2 amide bonds. The van der Waals surface area contributed by atoms with Crippen LogP contribution < -0.4 is 5.32 Å². The van der Waals surface area contributed by atoms with Gasteiger partial charge in [0.15, 0.2) is 0 Å². The second-order valence-corrected chi connectivity index (χ2v) is 6.07. The predicted octanol–water partition coefficient (Wildman–Crippen LogP) is 3.10. The molecule has 1 aliphatic heterocycles. The van der Waals surface area contributed by atoms with E-state index in [0.29, 0.717) is 19.2 Å². The summed E-state index contributed by atoms with van der Waals surface area (Å²) in [5, 5.41) is 3.18. The number of carbonyl (C=O) groups excluding carboxylic acids is 1. The number of rotatable bonds is 2. The second-order valence-electron chi connectivity index (χ2n) is 6.07. The Labute approximate surface area is 126 Å². The van der Waals surface area contributed by atoms with Crippen molar-refractivity contribution in [1.82, 2.24) is 10.2 Å². The minimum absolute atomic E-state index is 0.0331. The number of amides is 2. The summed E-state index contributed by atoms with van der Waals surface area (Å²) in [5.41, 5.74) is 1.14. The van der Waals surface area contributed by atoms with Gasteiger partial charge < -0.3 is 15.0 Å². The van der Waals surface area contributed by atoms with Crippen LogP contribution in [-0.4, -0.2) is 36.2 Å². The van der Waals surface area contributed by atoms with Gasteiger partial charge in [-0.3, -0.25) is 0 Å². The number of urea groups is 1. The average molecular weight is 288 g/mol. The van der Waals surface area contributed by atoms with E-state index in [9.17, 15) is 4.79 Å². The Morgan fingerprint density at radius 1 is 1.24 bits per heavy atom. The number of carbonyl (C=O) groups is 1. The number of hydrogen-bond acceptors (Lipinski definition) is 2. The number of ether oxygens (including phenoxy) is 1. The van der Waals surface area contributed by atoms with E-state index in [1.54, 1.807) is 0 Å². The van der Waals surface area contributed by atoms with E-state index in [0.717, 1.165) is 18.4 Å². The SMILES string of the molecule is CC1C(c2ccccc2)OCCN1C(=O)NC1CCCC1. The molecule has 0 radical (unpaired) electrons. The number of benzene rings is 1. The van der Waals surface area contributed by atoms with Crippen LogP contribution in [0.5, 0.6) is 0 Å². The summed E-state index contributed by atoms with van der Waals surface area (Å²) in [6.07, 6.45) is 4.67. The molecule has 1 aliphatic carbocycles. The molecule has 2 aliphatic rings. The summed E-state index contributed by atoms with van der Waals surface area (Å²) in [5.74, 6) is 0. The molecule has 1 aromatic rings. The molecule has 0 aromatic heterocycles. The number of morpholine rings is 1. The van der Waals surface area contributed by atoms with Gasteiger partial charge in [-0.25, -0.2) is 4.79 Å². The van der Waals surface area contributed by atoms with Crippen LogP contribution in [0.3, 0.4) is 0 Å². The molecule has 4 heteroatoms. The molecule has 21 heavy (non-hydrogen) atoms. The maximum absolute atomic E-state index is 12.5. The van der Waals surface area contributed by atoms with Crippen molar-refractivity contribution >= 4 is 6.03 Å². The summed E-state index contributed by atoms with van der Waals surface area (Å²) in [6, 6.07) is 10.7. The van der Waals surface area contributed by atoms with Crippen molar-refractivity contribution in [3.8, 4) is 0 Å². The van der Waals surface area contributed by atoms with E-state index in [4.69, 9.17) is 4.74 Å². The highest BCUT2D eigenvalue weighted by Crippen LogP contribution is 2.28. The fourth-order valence-electron chi connectivity index (χ4n) is 3.42. The molecule has 1 saturated heterocycles. The molecular formula is C17H24N2O2. The smallest absolute Gasteiger partial charge is 0.318 e. The fraction of sp³-hybridized carbons (Fsp3) is 0.588. The Balaban J connectivity index is 1.66. The zero-order valence-electron chi connectivity index (χ0n) is 12.6. The van der Waals surface area contributed by atoms with E-state index >= 15 is 0 Å². The minimum atomic E-state index is -0.0331. The summed E-state index contributed by atoms with van der Waals surface area (Å²) in [4.78, 5) is 14.4. The number of hydrogen-bond donors (Lipinski definition) is 1. The van der Waals surface area contributed by atoms with E-state index < -0.39 is 0 Å². The Kier molecular flexibility index (Phi) is 4.44. The highest BCUT2D eigenvalue weighted by molar-refractivity contribution is 5.75. The normalized spacial score (nSPS) is 26.8. The van der Waals surface area contributed by atoms with E-state index in [2.05, 4.69) is 24.4 Å². The molecule has 2 fully saturated rings. The van der Waals surface area contributed by atoms with Crippen molar-refractivity contribution in [1.29, 1.82) is 0 Å². The minimum Gasteiger partial charge on any atom is -0.370 e. The zero-order chi connectivity index (χ0) is 14.7. The standard InChI is InChI=1S/C17H24N2O2/c1-13-16(14-7-3-2-4-8-14)21-12-11-19(13)17(20)18-15-9-5-6-10-15/h2-4,7-8,13,15-16H,5-6,9-12H2,1H3,(H,18,20). The van der Waals surface area contributed by atoms with E-state index in [1.807, 2.05) is 23.1 Å². The largest absolute Gasteiger partial charge is 0.370 e.